The van der Waals surface area contributed by atoms with Gasteiger partial charge in [0.2, 0.25) is 0 Å². The zero-order chi connectivity index (χ0) is 27.8. The summed E-state index contributed by atoms with van der Waals surface area (Å²) in [5.41, 5.74) is 5.41. The number of carbonyl (C=O) groups is 1. The molecule has 2 aromatic heterocycles. The predicted octanol–water partition coefficient (Wildman–Crippen LogP) is 6.64. The summed E-state index contributed by atoms with van der Waals surface area (Å²) in [7, 11) is -4.24. The highest BCUT2D eigenvalue weighted by Crippen LogP contribution is 2.56. The minimum Gasteiger partial charge on any atom is -0.358 e. The van der Waals surface area contributed by atoms with Crippen molar-refractivity contribution >= 4 is 43.4 Å². The van der Waals surface area contributed by atoms with Crippen molar-refractivity contribution in [1.82, 2.24) is 9.97 Å². The maximum atomic E-state index is 15.3. The number of sulfonamides is 1. The van der Waals surface area contributed by atoms with E-state index in [1.54, 1.807) is 36.4 Å². The molecule has 7 heteroatoms. The van der Waals surface area contributed by atoms with Crippen molar-refractivity contribution in [1.29, 1.82) is 0 Å². The van der Waals surface area contributed by atoms with E-state index in [0.717, 1.165) is 54.2 Å². The molecule has 4 aromatic carbocycles. The summed E-state index contributed by atoms with van der Waals surface area (Å²) in [4.78, 5) is 22.3. The fourth-order valence-electron chi connectivity index (χ4n) is 6.53. The van der Waals surface area contributed by atoms with E-state index in [0.29, 0.717) is 11.3 Å². The second kappa shape index (κ2) is 8.44. The van der Waals surface area contributed by atoms with Gasteiger partial charge in [0.25, 0.3) is 15.9 Å². The molecule has 1 aliphatic rings. The fraction of sp³-hybridized carbons (Fsp3) is 0.121. The summed E-state index contributed by atoms with van der Waals surface area (Å²) >= 11 is 0. The number of carbonyl (C=O) groups excluding carboxylic acids is 1. The van der Waals surface area contributed by atoms with Crippen LogP contribution in [0.25, 0.3) is 21.8 Å². The molecular formula is C33H27N3O3S. The zero-order valence-corrected chi connectivity index (χ0v) is 23.1. The normalized spacial score (nSPS) is 14.8. The third-order valence-electron chi connectivity index (χ3n) is 8.13. The highest BCUT2D eigenvalue weighted by atomic mass is 32.2. The number of hydrogen-bond donors (Lipinski definition) is 2. The monoisotopic (exact) mass is 545 g/mol. The molecule has 0 aliphatic carbocycles. The molecule has 6 aromatic rings. The van der Waals surface area contributed by atoms with Gasteiger partial charge in [-0.1, -0.05) is 72.3 Å². The van der Waals surface area contributed by atoms with E-state index < -0.39 is 21.3 Å². The molecule has 0 bridgehead atoms. The van der Waals surface area contributed by atoms with Gasteiger partial charge in [-0.3, -0.25) is 4.79 Å². The molecule has 1 aliphatic heterocycles. The van der Waals surface area contributed by atoms with Gasteiger partial charge in [0, 0.05) is 49.9 Å². The predicted molar refractivity (Wildman–Crippen MR) is 158 cm³/mol. The molecule has 198 valence electrons. The molecule has 0 radical (unpaired) electrons. The number of H-pyrrole nitrogens is 2. The molecule has 40 heavy (non-hydrogen) atoms. The highest BCUT2D eigenvalue weighted by molar-refractivity contribution is 7.93. The van der Waals surface area contributed by atoms with Crippen LogP contribution in [0.3, 0.4) is 0 Å². The largest absolute Gasteiger partial charge is 0.358 e. The van der Waals surface area contributed by atoms with Gasteiger partial charge in [-0.2, -0.15) is 0 Å². The number of anilines is 1. The summed E-state index contributed by atoms with van der Waals surface area (Å²) in [5.74, 6) is -0.519. The van der Waals surface area contributed by atoms with Crippen molar-refractivity contribution < 1.29 is 13.2 Å². The number of fused-ring (bicyclic) bond motifs is 3. The third-order valence-corrected chi connectivity index (χ3v) is 9.84. The SMILES string of the molecule is Cc1ccc(S(=O)(=O)N2C(=O)C(c3c(C)[nH]c4ccccc34)(c3c(C)[nH]c4ccccc34)c3ccccc32)cc1. The van der Waals surface area contributed by atoms with E-state index >= 15 is 4.79 Å². The van der Waals surface area contributed by atoms with E-state index in [1.807, 2.05) is 81.4 Å². The van der Waals surface area contributed by atoms with Gasteiger partial charge in [0.15, 0.2) is 0 Å². The summed E-state index contributed by atoms with van der Waals surface area (Å²) in [6, 6.07) is 29.6. The second-order valence-electron chi connectivity index (χ2n) is 10.5. The lowest BCUT2D eigenvalue weighted by molar-refractivity contribution is -0.119. The maximum absolute atomic E-state index is 15.3. The number of rotatable bonds is 4. The third kappa shape index (κ3) is 3.09. The molecule has 0 saturated carbocycles. The van der Waals surface area contributed by atoms with Crippen molar-refractivity contribution in [2.75, 3.05) is 4.31 Å². The second-order valence-corrected chi connectivity index (χ2v) is 12.3. The van der Waals surface area contributed by atoms with Crippen molar-refractivity contribution in [3.8, 4) is 0 Å². The Labute approximate surface area is 232 Å². The number of aromatic amines is 2. The molecule has 0 saturated heterocycles. The van der Waals surface area contributed by atoms with Gasteiger partial charge in [-0.15, -0.1) is 0 Å². The number of amides is 1. The number of aromatic nitrogens is 2. The van der Waals surface area contributed by atoms with Gasteiger partial charge in [0.1, 0.15) is 5.41 Å². The molecule has 0 unspecified atom stereocenters. The standard InChI is InChI=1S/C33H27N3O3S/c1-20-16-18-23(19-17-20)40(38,39)36-29-15-9-6-12-26(29)33(32(36)37,30-21(2)34-27-13-7-4-10-24(27)30)31-22(3)35-28-14-8-5-11-25(28)31/h4-19,34-35H,1-3H3. The Morgan fingerprint density at radius 2 is 1.15 bits per heavy atom. The van der Waals surface area contributed by atoms with E-state index in [4.69, 9.17) is 0 Å². The fourth-order valence-corrected chi connectivity index (χ4v) is 7.99. The molecule has 0 fully saturated rings. The van der Waals surface area contributed by atoms with E-state index in [9.17, 15) is 8.42 Å². The quantitative estimate of drug-likeness (QED) is 0.260. The van der Waals surface area contributed by atoms with Gasteiger partial charge in [-0.05, 0) is 51.1 Å². The molecule has 2 N–H and O–H groups in total. The summed E-state index contributed by atoms with van der Waals surface area (Å²) in [6.07, 6.45) is 0. The van der Waals surface area contributed by atoms with Crippen molar-refractivity contribution in [2.45, 2.75) is 31.1 Å². The molecule has 6 nitrogen and oxygen atoms in total. The van der Waals surface area contributed by atoms with Crippen LogP contribution in [0, 0.1) is 20.8 Å². The number of benzene rings is 4. The average Bonchev–Trinajstić information content (AvgIpc) is 3.55. The smallest absolute Gasteiger partial charge is 0.270 e. The summed E-state index contributed by atoms with van der Waals surface area (Å²) < 4.78 is 29.7. The topological polar surface area (TPSA) is 86.0 Å². The Balaban J connectivity index is 1.65. The molecule has 1 amide bonds. The Morgan fingerprint density at radius 3 is 1.73 bits per heavy atom. The summed E-state index contributed by atoms with van der Waals surface area (Å²) in [6.45, 7) is 5.81. The maximum Gasteiger partial charge on any atom is 0.270 e. The number of aryl methyl sites for hydroxylation is 3. The molecule has 0 spiro atoms. The first kappa shape index (κ1) is 24.4. The van der Waals surface area contributed by atoms with Gasteiger partial charge >= 0.3 is 0 Å². The van der Waals surface area contributed by atoms with Crippen LogP contribution < -0.4 is 4.31 Å². The number of hydrogen-bond acceptors (Lipinski definition) is 3. The lowest BCUT2D eigenvalue weighted by Crippen LogP contribution is -2.45. The van der Waals surface area contributed by atoms with Crippen LogP contribution in [0.5, 0.6) is 0 Å². The van der Waals surface area contributed by atoms with E-state index in [2.05, 4.69) is 9.97 Å². The zero-order valence-electron chi connectivity index (χ0n) is 22.3. The first-order valence-electron chi connectivity index (χ1n) is 13.2. The van der Waals surface area contributed by atoms with Gasteiger partial charge in [0.05, 0.1) is 10.6 Å². The van der Waals surface area contributed by atoms with E-state index in [1.165, 1.54) is 0 Å². The van der Waals surface area contributed by atoms with Crippen LogP contribution in [-0.4, -0.2) is 24.3 Å². The number of para-hydroxylation sites is 3. The first-order chi connectivity index (χ1) is 19.3. The van der Waals surface area contributed by atoms with Gasteiger partial charge < -0.3 is 9.97 Å². The minimum absolute atomic E-state index is 0.0725. The molecule has 3 heterocycles. The van der Waals surface area contributed by atoms with Crippen molar-refractivity contribution in [3.63, 3.8) is 0 Å². The molecule has 7 rings (SSSR count). The Kier molecular flexibility index (Phi) is 5.15. The Morgan fingerprint density at radius 1 is 0.650 bits per heavy atom. The molecule has 0 atom stereocenters. The van der Waals surface area contributed by atoms with Gasteiger partial charge in [-0.25, -0.2) is 12.7 Å². The van der Waals surface area contributed by atoms with Crippen LogP contribution >= 0.6 is 0 Å². The summed E-state index contributed by atoms with van der Waals surface area (Å²) in [5, 5.41) is 1.75. The van der Waals surface area contributed by atoms with Crippen LogP contribution in [0.4, 0.5) is 5.69 Å². The van der Waals surface area contributed by atoms with Crippen molar-refractivity contribution in [2.24, 2.45) is 0 Å². The van der Waals surface area contributed by atoms with E-state index in [-0.39, 0.29) is 4.90 Å². The van der Waals surface area contributed by atoms with Crippen LogP contribution in [-0.2, 0) is 20.2 Å². The lowest BCUT2D eigenvalue weighted by Gasteiger charge is -2.31. The minimum atomic E-state index is -4.24. The Hall–Kier alpha value is -4.62. The van der Waals surface area contributed by atoms with Crippen molar-refractivity contribution in [3.05, 3.63) is 131 Å². The first-order valence-corrected chi connectivity index (χ1v) is 14.6. The number of nitrogens with one attached hydrogen (secondary N) is 2. The van der Waals surface area contributed by atoms with Crippen LogP contribution in [0.15, 0.2) is 102 Å². The number of nitrogens with zero attached hydrogens (tertiary/aromatic N) is 1. The lowest BCUT2D eigenvalue weighted by atomic mass is 9.68. The highest BCUT2D eigenvalue weighted by Gasteiger charge is 2.59. The molecular weight excluding hydrogens is 518 g/mol. The van der Waals surface area contributed by atoms with Crippen LogP contribution in [0.2, 0.25) is 0 Å². The van der Waals surface area contributed by atoms with Crippen LogP contribution in [0.1, 0.15) is 33.6 Å². The average molecular weight is 546 g/mol. The Bertz CT molecular complexity index is 2010.